The molecule has 0 saturated carbocycles. The van der Waals surface area contributed by atoms with Crippen LogP contribution in [0.4, 0.5) is 0 Å². The van der Waals surface area contributed by atoms with E-state index in [0.717, 1.165) is 51.4 Å². The standard InChI is InChI=1S/C19H31N3O2/c1-16(2)17-4-6-18(7-5-17)24-15-8-19(23)21-9-3-12-22-13-10-20-11-14-22/h4-7,16,20H,3,8-15H2,1-2H3,(H,21,23). The van der Waals surface area contributed by atoms with E-state index in [1.807, 2.05) is 12.1 Å². The van der Waals surface area contributed by atoms with Crippen LogP contribution in [0.15, 0.2) is 24.3 Å². The summed E-state index contributed by atoms with van der Waals surface area (Å²) in [5, 5.41) is 6.31. The Kier molecular flexibility index (Phi) is 8.05. The Hall–Kier alpha value is -1.59. The van der Waals surface area contributed by atoms with Gasteiger partial charge in [0.05, 0.1) is 13.0 Å². The minimum Gasteiger partial charge on any atom is -0.493 e. The van der Waals surface area contributed by atoms with Gasteiger partial charge in [-0.15, -0.1) is 0 Å². The van der Waals surface area contributed by atoms with Crippen molar-refractivity contribution in [2.75, 3.05) is 45.9 Å². The average Bonchev–Trinajstić information content (AvgIpc) is 2.60. The Bertz CT molecular complexity index is 482. The first-order valence-electron chi connectivity index (χ1n) is 9.07. The fraction of sp³-hybridized carbons (Fsp3) is 0.632. The van der Waals surface area contributed by atoms with Gasteiger partial charge in [-0.25, -0.2) is 0 Å². The maximum absolute atomic E-state index is 11.8. The fourth-order valence-electron chi connectivity index (χ4n) is 2.76. The summed E-state index contributed by atoms with van der Waals surface area (Å²) in [7, 11) is 0. The van der Waals surface area contributed by atoms with E-state index in [-0.39, 0.29) is 5.91 Å². The predicted molar refractivity (Wildman–Crippen MR) is 97.6 cm³/mol. The molecule has 1 fully saturated rings. The van der Waals surface area contributed by atoms with Gasteiger partial charge in [0.2, 0.25) is 5.91 Å². The number of nitrogens with zero attached hydrogens (tertiary/aromatic N) is 1. The number of amides is 1. The van der Waals surface area contributed by atoms with Crippen LogP contribution in [0.5, 0.6) is 5.75 Å². The van der Waals surface area contributed by atoms with Crippen LogP contribution in [0.1, 0.15) is 38.2 Å². The van der Waals surface area contributed by atoms with Crippen molar-refractivity contribution < 1.29 is 9.53 Å². The highest BCUT2D eigenvalue weighted by Crippen LogP contribution is 2.18. The topological polar surface area (TPSA) is 53.6 Å². The normalized spacial score (nSPS) is 15.5. The second-order valence-corrected chi connectivity index (χ2v) is 6.62. The minimum absolute atomic E-state index is 0.0640. The van der Waals surface area contributed by atoms with Crippen LogP contribution in [0, 0.1) is 0 Å². The molecule has 1 aromatic rings. The van der Waals surface area contributed by atoms with E-state index >= 15 is 0 Å². The summed E-state index contributed by atoms with van der Waals surface area (Å²) in [4.78, 5) is 14.3. The van der Waals surface area contributed by atoms with Gasteiger partial charge in [-0.1, -0.05) is 26.0 Å². The zero-order valence-corrected chi connectivity index (χ0v) is 15.0. The molecule has 1 aliphatic rings. The lowest BCUT2D eigenvalue weighted by atomic mass is 10.0. The third kappa shape index (κ3) is 6.89. The van der Waals surface area contributed by atoms with Crippen molar-refractivity contribution in [3.63, 3.8) is 0 Å². The van der Waals surface area contributed by atoms with Crippen LogP contribution in [0.25, 0.3) is 0 Å². The zero-order chi connectivity index (χ0) is 17.2. The van der Waals surface area contributed by atoms with Gasteiger partial charge >= 0.3 is 0 Å². The molecule has 2 N–H and O–H groups in total. The van der Waals surface area contributed by atoms with Crippen LogP contribution in [0.2, 0.25) is 0 Å². The molecule has 1 amide bonds. The van der Waals surface area contributed by atoms with Gasteiger partial charge in [0.1, 0.15) is 5.75 Å². The van der Waals surface area contributed by atoms with Crippen LogP contribution >= 0.6 is 0 Å². The number of piperazine rings is 1. The van der Waals surface area contributed by atoms with Gasteiger partial charge in [0.15, 0.2) is 0 Å². The van der Waals surface area contributed by atoms with E-state index in [0.29, 0.717) is 18.9 Å². The summed E-state index contributed by atoms with van der Waals surface area (Å²) >= 11 is 0. The first kappa shape index (κ1) is 18.7. The molecule has 24 heavy (non-hydrogen) atoms. The lowest BCUT2D eigenvalue weighted by Crippen LogP contribution is -2.44. The average molecular weight is 333 g/mol. The molecule has 1 heterocycles. The van der Waals surface area contributed by atoms with Crippen molar-refractivity contribution >= 4 is 5.91 Å². The van der Waals surface area contributed by atoms with E-state index in [4.69, 9.17) is 4.74 Å². The molecule has 2 rings (SSSR count). The maximum atomic E-state index is 11.8. The predicted octanol–water partition coefficient (Wildman–Crippen LogP) is 1.99. The van der Waals surface area contributed by atoms with Crippen molar-refractivity contribution in [2.24, 2.45) is 0 Å². The van der Waals surface area contributed by atoms with E-state index in [1.165, 1.54) is 5.56 Å². The number of hydrogen-bond donors (Lipinski definition) is 2. The molecule has 0 radical (unpaired) electrons. The number of carbonyl (C=O) groups excluding carboxylic acids is 1. The van der Waals surface area contributed by atoms with Gasteiger partial charge in [0.25, 0.3) is 0 Å². The third-order valence-electron chi connectivity index (χ3n) is 4.33. The molecule has 134 valence electrons. The number of hydrogen-bond acceptors (Lipinski definition) is 4. The van der Waals surface area contributed by atoms with Crippen molar-refractivity contribution in [2.45, 2.75) is 32.6 Å². The van der Waals surface area contributed by atoms with Gasteiger partial charge < -0.3 is 20.3 Å². The third-order valence-corrected chi connectivity index (χ3v) is 4.33. The van der Waals surface area contributed by atoms with Crippen molar-refractivity contribution in [1.82, 2.24) is 15.5 Å². The monoisotopic (exact) mass is 333 g/mol. The Morgan fingerprint density at radius 2 is 1.96 bits per heavy atom. The highest BCUT2D eigenvalue weighted by atomic mass is 16.5. The summed E-state index contributed by atoms with van der Waals surface area (Å²) in [6.07, 6.45) is 1.41. The van der Waals surface area contributed by atoms with Gasteiger partial charge in [-0.2, -0.15) is 0 Å². The van der Waals surface area contributed by atoms with Gasteiger partial charge in [-0.3, -0.25) is 4.79 Å². The summed E-state index contributed by atoms with van der Waals surface area (Å²) in [6.45, 7) is 10.9. The van der Waals surface area contributed by atoms with Crippen molar-refractivity contribution in [1.29, 1.82) is 0 Å². The number of nitrogens with one attached hydrogen (secondary N) is 2. The van der Waals surface area contributed by atoms with Crippen molar-refractivity contribution in [3.05, 3.63) is 29.8 Å². The molecule has 0 aromatic heterocycles. The second kappa shape index (κ2) is 10.3. The lowest BCUT2D eigenvalue weighted by Gasteiger charge is -2.27. The maximum Gasteiger partial charge on any atom is 0.223 e. The SMILES string of the molecule is CC(C)c1ccc(OCCC(=O)NCCCN2CCNCC2)cc1. The molecule has 1 aliphatic heterocycles. The first-order chi connectivity index (χ1) is 11.6. The highest BCUT2D eigenvalue weighted by Gasteiger charge is 2.08. The molecule has 5 nitrogen and oxygen atoms in total. The molecule has 1 aromatic carbocycles. The van der Waals surface area contributed by atoms with E-state index < -0.39 is 0 Å². The van der Waals surface area contributed by atoms with Crippen LogP contribution in [-0.4, -0.2) is 56.7 Å². The number of benzene rings is 1. The number of rotatable bonds is 9. The Balaban J connectivity index is 1.53. The van der Waals surface area contributed by atoms with Crippen LogP contribution < -0.4 is 15.4 Å². The fourth-order valence-corrected chi connectivity index (χ4v) is 2.76. The molecule has 1 saturated heterocycles. The Morgan fingerprint density at radius 3 is 2.62 bits per heavy atom. The first-order valence-corrected chi connectivity index (χ1v) is 9.07. The van der Waals surface area contributed by atoms with E-state index in [2.05, 4.69) is 41.5 Å². The molecular formula is C19H31N3O2. The molecule has 0 aliphatic carbocycles. The molecule has 0 spiro atoms. The zero-order valence-electron chi connectivity index (χ0n) is 15.0. The van der Waals surface area contributed by atoms with E-state index in [1.54, 1.807) is 0 Å². The molecular weight excluding hydrogens is 302 g/mol. The van der Waals surface area contributed by atoms with Crippen LogP contribution in [-0.2, 0) is 4.79 Å². The van der Waals surface area contributed by atoms with Crippen molar-refractivity contribution in [3.8, 4) is 5.75 Å². The number of ether oxygens (including phenoxy) is 1. The molecule has 0 atom stereocenters. The lowest BCUT2D eigenvalue weighted by molar-refractivity contribution is -0.121. The smallest absolute Gasteiger partial charge is 0.223 e. The summed E-state index contributed by atoms with van der Waals surface area (Å²) < 4.78 is 5.64. The Labute approximate surface area is 145 Å². The molecule has 5 heteroatoms. The summed E-state index contributed by atoms with van der Waals surface area (Å²) in [6, 6.07) is 8.10. The Morgan fingerprint density at radius 1 is 1.25 bits per heavy atom. The second-order valence-electron chi connectivity index (χ2n) is 6.62. The molecule has 0 unspecified atom stereocenters. The van der Waals surface area contributed by atoms with E-state index in [9.17, 15) is 4.79 Å². The summed E-state index contributed by atoms with van der Waals surface area (Å²) in [5.41, 5.74) is 1.30. The van der Waals surface area contributed by atoms with Crippen LogP contribution in [0.3, 0.4) is 0 Å². The van der Waals surface area contributed by atoms with Gasteiger partial charge in [0, 0.05) is 32.7 Å². The number of carbonyl (C=O) groups is 1. The quantitative estimate of drug-likeness (QED) is 0.679. The molecule has 0 bridgehead atoms. The largest absolute Gasteiger partial charge is 0.493 e. The van der Waals surface area contributed by atoms with Gasteiger partial charge in [-0.05, 0) is 36.6 Å². The summed E-state index contributed by atoms with van der Waals surface area (Å²) in [5.74, 6) is 1.41. The minimum atomic E-state index is 0.0640. The highest BCUT2D eigenvalue weighted by molar-refractivity contribution is 5.75.